The molecule has 1 N–H and O–H groups in total. The van der Waals surface area contributed by atoms with Crippen LogP contribution in [0, 0.1) is 10.1 Å². The molecule has 8 heteroatoms. The minimum absolute atomic E-state index is 0.0491. The van der Waals surface area contributed by atoms with Crippen LogP contribution in [0.5, 0.6) is 5.75 Å². The second kappa shape index (κ2) is 4.56. The maximum absolute atomic E-state index is 10.8. The number of benzene rings is 1. The van der Waals surface area contributed by atoms with Gasteiger partial charge < -0.3 is 9.29 Å². The second-order valence-corrected chi connectivity index (χ2v) is 3.81. The summed E-state index contributed by atoms with van der Waals surface area (Å²) >= 11 is 3.25. The van der Waals surface area contributed by atoms with Gasteiger partial charge in [0.15, 0.2) is 11.1 Å². The first-order valence-corrected chi connectivity index (χ1v) is 5.08. The standard InChI is InChI=1S/C7H6ClNO5S/c1-14-6-3-5(9(10)11)4(8)2-7(6)15(12)13/h2-3H,1H3,(H,12,13). The van der Waals surface area contributed by atoms with Crippen LogP contribution in [0.4, 0.5) is 5.69 Å². The van der Waals surface area contributed by atoms with Crippen LogP contribution >= 0.6 is 11.6 Å². The first-order chi connectivity index (χ1) is 6.97. The number of ether oxygens (including phenoxy) is 1. The molecule has 82 valence electrons. The Hall–Kier alpha value is -1.18. The molecule has 6 nitrogen and oxygen atoms in total. The van der Waals surface area contributed by atoms with E-state index < -0.39 is 16.0 Å². The summed E-state index contributed by atoms with van der Waals surface area (Å²) < 4.78 is 24.4. The molecule has 0 aliphatic rings. The van der Waals surface area contributed by atoms with Crippen molar-refractivity contribution in [3.05, 3.63) is 27.3 Å². The molecule has 1 rings (SSSR count). The molecule has 15 heavy (non-hydrogen) atoms. The molecule has 0 aliphatic carbocycles. The molecule has 0 saturated heterocycles. The van der Waals surface area contributed by atoms with Gasteiger partial charge in [-0.2, -0.15) is 0 Å². The Labute approximate surface area is 92.2 Å². The fraction of sp³-hybridized carbons (Fsp3) is 0.143. The fourth-order valence-corrected chi connectivity index (χ4v) is 1.79. The lowest BCUT2D eigenvalue weighted by molar-refractivity contribution is -0.384. The zero-order valence-electron chi connectivity index (χ0n) is 7.47. The Kier molecular flexibility index (Phi) is 3.61. The molecule has 0 heterocycles. The maximum atomic E-state index is 10.8. The monoisotopic (exact) mass is 251 g/mol. The Bertz CT molecular complexity index is 436. The van der Waals surface area contributed by atoms with Gasteiger partial charge in [-0.1, -0.05) is 11.6 Å². The van der Waals surface area contributed by atoms with Crippen LogP contribution in [-0.2, 0) is 11.1 Å². The van der Waals surface area contributed by atoms with E-state index in [0.717, 1.165) is 12.1 Å². The summed E-state index contributed by atoms with van der Waals surface area (Å²) in [6.07, 6.45) is 0. The van der Waals surface area contributed by atoms with Gasteiger partial charge in [0.25, 0.3) is 5.69 Å². The highest BCUT2D eigenvalue weighted by molar-refractivity contribution is 7.79. The predicted molar refractivity (Wildman–Crippen MR) is 53.7 cm³/mol. The van der Waals surface area contributed by atoms with E-state index >= 15 is 0 Å². The Morgan fingerprint density at radius 2 is 2.20 bits per heavy atom. The van der Waals surface area contributed by atoms with E-state index in [1.54, 1.807) is 0 Å². The molecule has 0 spiro atoms. The minimum atomic E-state index is -2.30. The number of nitrogens with zero attached hydrogens (tertiary/aromatic N) is 1. The van der Waals surface area contributed by atoms with E-state index in [2.05, 4.69) is 0 Å². The molecule has 1 atom stereocenters. The highest BCUT2D eigenvalue weighted by Gasteiger charge is 2.19. The first-order valence-electron chi connectivity index (χ1n) is 3.60. The van der Waals surface area contributed by atoms with E-state index in [1.807, 2.05) is 0 Å². The van der Waals surface area contributed by atoms with Gasteiger partial charge in [0.2, 0.25) is 0 Å². The molecule has 0 saturated carbocycles. The third kappa shape index (κ3) is 2.44. The number of methoxy groups -OCH3 is 1. The predicted octanol–water partition coefficient (Wildman–Crippen LogP) is 1.84. The molecule has 1 aromatic carbocycles. The van der Waals surface area contributed by atoms with Crippen molar-refractivity contribution in [2.45, 2.75) is 4.90 Å². The van der Waals surface area contributed by atoms with Gasteiger partial charge in [0.05, 0.1) is 18.1 Å². The number of nitro groups is 1. The van der Waals surface area contributed by atoms with Crippen molar-refractivity contribution in [1.82, 2.24) is 0 Å². The van der Waals surface area contributed by atoms with Crippen LogP contribution in [0.1, 0.15) is 0 Å². The molecule has 0 aromatic heterocycles. The first kappa shape index (κ1) is 11.9. The van der Waals surface area contributed by atoms with Gasteiger partial charge in [0, 0.05) is 0 Å². The average Bonchev–Trinajstić information content (AvgIpc) is 2.16. The molecule has 1 unspecified atom stereocenters. The zero-order valence-corrected chi connectivity index (χ0v) is 9.04. The lowest BCUT2D eigenvalue weighted by Crippen LogP contribution is -1.97. The summed E-state index contributed by atoms with van der Waals surface area (Å²) in [5.74, 6) is -0.0491. The van der Waals surface area contributed by atoms with Crippen LogP contribution in [-0.4, -0.2) is 20.8 Å². The van der Waals surface area contributed by atoms with Gasteiger partial charge in [-0.15, -0.1) is 0 Å². The van der Waals surface area contributed by atoms with Crippen molar-refractivity contribution in [2.75, 3.05) is 7.11 Å². The minimum Gasteiger partial charge on any atom is -0.495 e. The third-order valence-electron chi connectivity index (χ3n) is 1.62. The summed E-state index contributed by atoms with van der Waals surface area (Å²) in [7, 11) is 1.24. The van der Waals surface area contributed by atoms with E-state index in [-0.39, 0.29) is 21.4 Å². The summed E-state index contributed by atoms with van der Waals surface area (Å²) in [4.78, 5) is 9.70. The molecule has 0 amide bonds. The SMILES string of the molecule is COc1cc([N+](=O)[O-])c(Cl)cc1S(=O)O. The molecular weight excluding hydrogens is 246 g/mol. The van der Waals surface area contributed by atoms with E-state index in [0.29, 0.717) is 0 Å². The number of rotatable bonds is 3. The maximum Gasteiger partial charge on any atom is 0.291 e. The number of hydrogen-bond acceptors (Lipinski definition) is 4. The molecule has 0 radical (unpaired) electrons. The summed E-state index contributed by atoms with van der Waals surface area (Å²) in [6.45, 7) is 0. The number of halogens is 1. The zero-order chi connectivity index (χ0) is 11.6. The lowest BCUT2D eigenvalue weighted by Gasteiger charge is -2.05. The van der Waals surface area contributed by atoms with Gasteiger partial charge in [-0.05, 0) is 6.07 Å². The number of hydrogen-bond donors (Lipinski definition) is 1. The Morgan fingerprint density at radius 1 is 1.60 bits per heavy atom. The molecule has 1 aromatic rings. The Balaban J connectivity index is 3.42. The van der Waals surface area contributed by atoms with Gasteiger partial charge in [-0.3, -0.25) is 10.1 Å². The van der Waals surface area contributed by atoms with Crippen molar-refractivity contribution in [2.24, 2.45) is 0 Å². The van der Waals surface area contributed by atoms with Crippen LogP contribution in [0.15, 0.2) is 17.0 Å². The van der Waals surface area contributed by atoms with Crippen molar-refractivity contribution < 1.29 is 18.4 Å². The van der Waals surface area contributed by atoms with Crippen LogP contribution in [0.3, 0.4) is 0 Å². The summed E-state index contributed by atoms with van der Waals surface area (Å²) in [5, 5.41) is 10.3. The van der Waals surface area contributed by atoms with Crippen LogP contribution in [0.25, 0.3) is 0 Å². The fourth-order valence-electron chi connectivity index (χ4n) is 0.960. The van der Waals surface area contributed by atoms with E-state index in [9.17, 15) is 14.3 Å². The second-order valence-electron chi connectivity index (χ2n) is 2.46. The van der Waals surface area contributed by atoms with Gasteiger partial charge >= 0.3 is 0 Å². The Morgan fingerprint density at radius 3 is 2.60 bits per heavy atom. The van der Waals surface area contributed by atoms with Gasteiger partial charge in [-0.25, -0.2) is 4.21 Å². The van der Waals surface area contributed by atoms with Crippen molar-refractivity contribution in [1.29, 1.82) is 0 Å². The largest absolute Gasteiger partial charge is 0.495 e. The average molecular weight is 252 g/mol. The quantitative estimate of drug-likeness (QED) is 0.503. The number of nitro benzene ring substituents is 1. The molecule has 0 fully saturated rings. The topological polar surface area (TPSA) is 89.7 Å². The highest BCUT2D eigenvalue weighted by Crippen LogP contribution is 2.33. The lowest BCUT2D eigenvalue weighted by atomic mass is 10.3. The van der Waals surface area contributed by atoms with Crippen LogP contribution in [0.2, 0.25) is 5.02 Å². The molecular formula is C7H6ClNO5S. The smallest absolute Gasteiger partial charge is 0.291 e. The van der Waals surface area contributed by atoms with Crippen molar-refractivity contribution in [3.63, 3.8) is 0 Å². The summed E-state index contributed by atoms with van der Waals surface area (Å²) in [6, 6.07) is 2.04. The van der Waals surface area contributed by atoms with E-state index in [4.69, 9.17) is 20.9 Å². The molecule has 0 bridgehead atoms. The van der Waals surface area contributed by atoms with Crippen molar-refractivity contribution >= 4 is 28.4 Å². The normalized spacial score (nSPS) is 12.2. The van der Waals surface area contributed by atoms with Gasteiger partial charge in [0.1, 0.15) is 15.7 Å². The third-order valence-corrected chi connectivity index (χ3v) is 2.62. The van der Waals surface area contributed by atoms with E-state index in [1.165, 1.54) is 7.11 Å². The highest BCUT2D eigenvalue weighted by atomic mass is 35.5. The van der Waals surface area contributed by atoms with Crippen molar-refractivity contribution in [3.8, 4) is 5.75 Å². The van der Waals surface area contributed by atoms with Crippen LogP contribution < -0.4 is 4.74 Å². The summed E-state index contributed by atoms with van der Waals surface area (Å²) in [5.41, 5.74) is -0.372. The molecule has 0 aliphatic heterocycles.